The van der Waals surface area contributed by atoms with Crippen LogP contribution in [0.1, 0.15) is 50.7 Å². The van der Waals surface area contributed by atoms with E-state index in [9.17, 15) is 9.18 Å². The molecule has 2 aromatic rings. The highest BCUT2D eigenvalue weighted by atomic mass is 19.1. The number of aryl methyl sites for hydroxylation is 1. The summed E-state index contributed by atoms with van der Waals surface area (Å²) in [5.41, 5.74) is 9.74. The van der Waals surface area contributed by atoms with Gasteiger partial charge in [0.1, 0.15) is 5.82 Å². The Morgan fingerprint density at radius 3 is 2.28 bits per heavy atom. The minimum Gasteiger partial charge on any atom is -0.370 e. The van der Waals surface area contributed by atoms with E-state index in [-0.39, 0.29) is 11.7 Å². The molecule has 0 radical (unpaired) electrons. The molecule has 1 aliphatic carbocycles. The molecule has 0 heterocycles. The van der Waals surface area contributed by atoms with E-state index >= 15 is 0 Å². The maximum Gasteiger partial charge on any atom is 0.214 e. The number of primary amides is 1. The number of carbonyl (C=O) groups is 1. The molecular formula is C28H35FN2O. The van der Waals surface area contributed by atoms with E-state index in [4.69, 9.17) is 0 Å². The van der Waals surface area contributed by atoms with Crippen molar-refractivity contribution >= 4 is 11.5 Å². The third kappa shape index (κ3) is 11.9. The van der Waals surface area contributed by atoms with Gasteiger partial charge >= 0.3 is 0 Å². The summed E-state index contributed by atoms with van der Waals surface area (Å²) in [4.78, 5) is 9.22. The molecule has 1 amide bonds. The zero-order chi connectivity index (χ0) is 23.6. The average Bonchev–Trinajstić information content (AvgIpc) is 3.03. The Balaban J connectivity index is 0.000000382. The van der Waals surface area contributed by atoms with Crippen LogP contribution in [0.25, 0.3) is 5.57 Å². The molecular weight excluding hydrogens is 399 g/mol. The SMILES string of the molecule is CC(N)=O.CCC1=C(c2ccc(CCCCNC)cc2)C=CCC#C1.Fc1ccccc1. The monoisotopic (exact) mass is 434 g/mol. The van der Waals surface area contributed by atoms with E-state index in [1.165, 1.54) is 54.2 Å². The summed E-state index contributed by atoms with van der Waals surface area (Å²) in [5, 5.41) is 3.20. The van der Waals surface area contributed by atoms with Gasteiger partial charge in [0.2, 0.25) is 5.91 Å². The smallest absolute Gasteiger partial charge is 0.214 e. The number of amides is 1. The average molecular weight is 435 g/mol. The molecule has 0 bridgehead atoms. The molecule has 0 fully saturated rings. The third-order valence-corrected chi connectivity index (χ3v) is 4.56. The van der Waals surface area contributed by atoms with Crippen LogP contribution in [0.2, 0.25) is 0 Å². The van der Waals surface area contributed by atoms with Crippen molar-refractivity contribution in [1.82, 2.24) is 5.32 Å². The minimum absolute atomic E-state index is 0.178. The normalized spacial score (nSPS) is 11.8. The summed E-state index contributed by atoms with van der Waals surface area (Å²) >= 11 is 0. The summed E-state index contributed by atoms with van der Waals surface area (Å²) in [5.74, 6) is 5.99. The predicted octanol–water partition coefficient (Wildman–Crippen LogP) is 5.67. The van der Waals surface area contributed by atoms with Gasteiger partial charge < -0.3 is 11.1 Å². The van der Waals surface area contributed by atoms with Crippen molar-refractivity contribution in [1.29, 1.82) is 0 Å². The first-order valence-electron chi connectivity index (χ1n) is 11.1. The number of benzene rings is 2. The number of nitrogens with one attached hydrogen (secondary N) is 1. The molecule has 0 saturated carbocycles. The molecule has 0 aromatic heterocycles. The van der Waals surface area contributed by atoms with Gasteiger partial charge in [0.05, 0.1) is 0 Å². The Bertz CT molecular complexity index is 915. The largest absolute Gasteiger partial charge is 0.370 e. The van der Waals surface area contributed by atoms with Crippen LogP contribution in [-0.4, -0.2) is 19.5 Å². The van der Waals surface area contributed by atoms with Crippen LogP contribution in [0.3, 0.4) is 0 Å². The standard InChI is InChI=1S/C20H25N.C6H5F.C2H5NO/c1-3-18-10-5-4-6-11-20(18)19-14-12-17(13-15-19)9-7-8-16-21-2;7-6-4-2-1-3-5-6;1-2(3)4/h6,11-15,21H,3-4,7-9,16H2,1-2H3;1-5H;1H3,(H2,3,4). The maximum absolute atomic E-state index is 11.9. The number of hydrogen-bond acceptors (Lipinski definition) is 2. The Morgan fingerprint density at radius 1 is 1.09 bits per heavy atom. The molecule has 0 spiro atoms. The molecule has 4 heteroatoms. The van der Waals surface area contributed by atoms with E-state index in [1.807, 2.05) is 7.05 Å². The van der Waals surface area contributed by atoms with Crippen LogP contribution in [0.5, 0.6) is 0 Å². The molecule has 0 aliphatic heterocycles. The van der Waals surface area contributed by atoms with Crippen LogP contribution in [0.15, 0.2) is 72.3 Å². The highest BCUT2D eigenvalue weighted by molar-refractivity contribution is 5.80. The first-order valence-corrected chi connectivity index (χ1v) is 11.1. The Kier molecular flexibility index (Phi) is 13.9. The maximum atomic E-state index is 11.9. The van der Waals surface area contributed by atoms with Crippen molar-refractivity contribution in [2.75, 3.05) is 13.6 Å². The fourth-order valence-electron chi connectivity index (χ4n) is 3.01. The van der Waals surface area contributed by atoms with E-state index in [2.05, 4.69) is 66.2 Å². The second-order valence-corrected chi connectivity index (χ2v) is 7.32. The van der Waals surface area contributed by atoms with Crippen LogP contribution in [0, 0.1) is 17.7 Å². The van der Waals surface area contributed by atoms with Gasteiger partial charge in [-0.15, -0.1) is 0 Å². The van der Waals surface area contributed by atoms with Crippen molar-refractivity contribution in [2.45, 2.75) is 46.0 Å². The van der Waals surface area contributed by atoms with Crippen molar-refractivity contribution in [3.05, 3.63) is 89.3 Å². The zero-order valence-corrected chi connectivity index (χ0v) is 19.5. The minimum atomic E-state index is -0.333. The second-order valence-electron chi connectivity index (χ2n) is 7.32. The summed E-state index contributed by atoms with van der Waals surface area (Å²) in [6, 6.07) is 17.0. The van der Waals surface area contributed by atoms with E-state index in [0.717, 1.165) is 25.8 Å². The molecule has 3 nitrogen and oxygen atoms in total. The fraction of sp³-hybridized carbons (Fsp3) is 0.321. The number of halogens is 1. The number of allylic oxidation sites excluding steroid dienone is 4. The molecule has 0 atom stereocenters. The van der Waals surface area contributed by atoms with Gasteiger partial charge in [-0.1, -0.05) is 73.4 Å². The zero-order valence-electron chi connectivity index (χ0n) is 19.5. The van der Waals surface area contributed by atoms with Crippen LogP contribution in [-0.2, 0) is 11.2 Å². The quantitative estimate of drug-likeness (QED) is 0.436. The molecule has 3 rings (SSSR count). The van der Waals surface area contributed by atoms with Crippen LogP contribution in [0.4, 0.5) is 4.39 Å². The highest BCUT2D eigenvalue weighted by Gasteiger charge is 2.05. The molecule has 1 aliphatic rings. The Hall–Kier alpha value is -3.16. The van der Waals surface area contributed by atoms with Crippen LogP contribution >= 0.6 is 0 Å². The summed E-state index contributed by atoms with van der Waals surface area (Å²) in [7, 11) is 2.01. The lowest BCUT2D eigenvalue weighted by Gasteiger charge is -2.08. The fourth-order valence-corrected chi connectivity index (χ4v) is 3.01. The lowest BCUT2D eigenvalue weighted by Crippen LogP contribution is -2.07. The number of carbonyl (C=O) groups excluding carboxylic acids is 1. The van der Waals surface area contributed by atoms with Gasteiger partial charge in [-0.3, -0.25) is 4.79 Å². The van der Waals surface area contributed by atoms with Gasteiger partial charge in [-0.25, -0.2) is 4.39 Å². The van der Waals surface area contributed by atoms with E-state index < -0.39 is 0 Å². The van der Waals surface area contributed by atoms with E-state index in [1.54, 1.807) is 18.2 Å². The summed E-state index contributed by atoms with van der Waals surface area (Å²) in [6.07, 6.45) is 9.88. The molecule has 32 heavy (non-hydrogen) atoms. The van der Waals surface area contributed by atoms with E-state index in [0.29, 0.717) is 0 Å². The number of unbranched alkanes of at least 4 members (excludes halogenated alkanes) is 1. The van der Waals surface area contributed by atoms with Gasteiger partial charge in [-0.05, 0) is 68.1 Å². The molecule has 0 saturated heterocycles. The Morgan fingerprint density at radius 2 is 1.75 bits per heavy atom. The topological polar surface area (TPSA) is 55.1 Å². The molecule has 2 aromatic carbocycles. The lowest BCUT2D eigenvalue weighted by molar-refractivity contribution is -0.115. The number of rotatable bonds is 7. The van der Waals surface area contributed by atoms with Crippen molar-refractivity contribution in [3.8, 4) is 11.8 Å². The van der Waals surface area contributed by atoms with Gasteiger partial charge in [-0.2, -0.15) is 0 Å². The van der Waals surface area contributed by atoms with Gasteiger partial charge in [0.15, 0.2) is 0 Å². The first-order chi connectivity index (χ1) is 15.5. The van der Waals surface area contributed by atoms with Crippen LogP contribution < -0.4 is 11.1 Å². The Labute approximate surface area is 192 Å². The predicted molar refractivity (Wildman–Crippen MR) is 133 cm³/mol. The number of nitrogens with two attached hydrogens (primary N) is 1. The lowest BCUT2D eigenvalue weighted by atomic mass is 9.96. The third-order valence-electron chi connectivity index (χ3n) is 4.56. The summed E-state index contributed by atoms with van der Waals surface area (Å²) < 4.78 is 11.9. The number of hydrogen-bond donors (Lipinski definition) is 2. The summed E-state index contributed by atoms with van der Waals surface area (Å²) in [6.45, 7) is 4.59. The van der Waals surface area contributed by atoms with Gasteiger partial charge in [0, 0.05) is 18.9 Å². The second kappa shape index (κ2) is 16.5. The van der Waals surface area contributed by atoms with Gasteiger partial charge in [0.25, 0.3) is 0 Å². The molecule has 0 unspecified atom stereocenters. The molecule has 170 valence electrons. The first kappa shape index (κ1) is 26.9. The molecule has 3 N–H and O–H groups in total. The highest BCUT2D eigenvalue weighted by Crippen LogP contribution is 2.24. The van der Waals surface area contributed by atoms with Crippen molar-refractivity contribution in [3.63, 3.8) is 0 Å². The van der Waals surface area contributed by atoms with Crippen molar-refractivity contribution < 1.29 is 9.18 Å². The van der Waals surface area contributed by atoms with Crippen molar-refractivity contribution in [2.24, 2.45) is 5.73 Å².